The normalized spacial score (nSPS) is 16.0. The van der Waals surface area contributed by atoms with Crippen LogP contribution in [0.25, 0.3) is 6.08 Å². The van der Waals surface area contributed by atoms with E-state index in [1.165, 1.54) is 12.0 Å². The molecule has 2 N–H and O–H groups in total. The molecule has 1 aromatic rings. The van der Waals surface area contributed by atoms with Crippen molar-refractivity contribution in [3.05, 3.63) is 28.7 Å². The highest BCUT2D eigenvalue weighted by molar-refractivity contribution is 8.26. The molecule has 0 spiro atoms. The van der Waals surface area contributed by atoms with E-state index in [9.17, 15) is 19.5 Å². The van der Waals surface area contributed by atoms with Crippen LogP contribution < -0.4 is 14.8 Å². The largest absolute Gasteiger partial charge is 0.493 e. The van der Waals surface area contributed by atoms with Crippen LogP contribution in [0.5, 0.6) is 11.5 Å². The number of thiocarbonyl (C=S) groups is 1. The number of methoxy groups -OCH3 is 2. The van der Waals surface area contributed by atoms with E-state index in [1.54, 1.807) is 31.4 Å². The van der Waals surface area contributed by atoms with Crippen molar-refractivity contribution in [2.24, 2.45) is 5.92 Å². The Balaban J connectivity index is 2.03. The maximum Gasteiger partial charge on any atom is 0.326 e. The number of hydrogen-bond acceptors (Lipinski definition) is 7. The summed E-state index contributed by atoms with van der Waals surface area (Å²) in [5.74, 6) is -0.575. The Labute approximate surface area is 191 Å². The summed E-state index contributed by atoms with van der Waals surface area (Å²) in [7, 11) is 3.07. The minimum atomic E-state index is -1.08. The molecule has 31 heavy (non-hydrogen) atoms. The van der Waals surface area contributed by atoms with Crippen molar-refractivity contribution in [2.75, 3.05) is 20.8 Å². The Hall–Kier alpha value is -2.59. The van der Waals surface area contributed by atoms with Gasteiger partial charge < -0.3 is 19.9 Å². The molecule has 1 heterocycles. The number of rotatable bonds is 10. The lowest BCUT2D eigenvalue weighted by Gasteiger charge is -2.18. The van der Waals surface area contributed by atoms with Crippen molar-refractivity contribution in [2.45, 2.75) is 32.7 Å². The fourth-order valence-corrected chi connectivity index (χ4v) is 4.27. The summed E-state index contributed by atoms with van der Waals surface area (Å²) in [4.78, 5) is 38.1. The van der Waals surface area contributed by atoms with Gasteiger partial charge in [-0.2, -0.15) is 0 Å². The van der Waals surface area contributed by atoms with E-state index < -0.39 is 17.9 Å². The van der Waals surface area contributed by atoms with Gasteiger partial charge in [0.05, 0.1) is 19.1 Å². The molecule has 168 valence electrons. The van der Waals surface area contributed by atoms with Gasteiger partial charge in [-0.15, -0.1) is 0 Å². The molecule has 0 saturated carbocycles. The van der Waals surface area contributed by atoms with Crippen LogP contribution in [0, 0.1) is 5.92 Å². The summed E-state index contributed by atoms with van der Waals surface area (Å²) < 4.78 is 10.8. The summed E-state index contributed by atoms with van der Waals surface area (Å²) >= 11 is 6.44. The van der Waals surface area contributed by atoms with Crippen molar-refractivity contribution in [3.63, 3.8) is 0 Å². The molecule has 1 fully saturated rings. The van der Waals surface area contributed by atoms with Crippen LogP contribution >= 0.6 is 24.0 Å². The van der Waals surface area contributed by atoms with E-state index in [2.05, 4.69) is 5.32 Å². The van der Waals surface area contributed by atoms with Crippen LogP contribution in [0.3, 0.4) is 0 Å². The molecule has 10 heteroatoms. The number of aliphatic carboxylic acids is 1. The third kappa shape index (κ3) is 6.70. The summed E-state index contributed by atoms with van der Waals surface area (Å²) in [6.45, 7) is 3.84. The molecule has 0 aromatic heterocycles. The fraction of sp³-hybridized carbons (Fsp3) is 0.429. The zero-order valence-corrected chi connectivity index (χ0v) is 19.5. The minimum Gasteiger partial charge on any atom is -0.493 e. The standard InChI is InChI=1S/C21H26N2O6S2/c1-12(2)9-14(20(26)27)22-18(24)7-8-23-19(25)17(31-21(23)30)11-13-5-6-15(28-3)16(10-13)29-4/h5-6,10-12,14H,7-9H2,1-4H3,(H,22,24)(H,26,27)/b17-11+. The van der Waals surface area contributed by atoms with E-state index in [4.69, 9.17) is 21.7 Å². The Morgan fingerprint density at radius 2 is 1.94 bits per heavy atom. The molecule has 0 radical (unpaired) electrons. The first-order valence-electron chi connectivity index (χ1n) is 9.65. The number of thioether (sulfide) groups is 1. The fourth-order valence-electron chi connectivity index (χ4n) is 2.96. The third-order valence-electron chi connectivity index (χ3n) is 4.48. The molecule has 1 atom stereocenters. The highest BCUT2D eigenvalue weighted by Gasteiger charge is 2.32. The van der Waals surface area contributed by atoms with Crippen LogP contribution in [-0.4, -0.2) is 58.9 Å². The maximum atomic E-state index is 12.8. The Morgan fingerprint density at radius 1 is 1.26 bits per heavy atom. The van der Waals surface area contributed by atoms with Crippen molar-refractivity contribution in [3.8, 4) is 11.5 Å². The van der Waals surface area contributed by atoms with Crippen LogP contribution in [0.2, 0.25) is 0 Å². The van der Waals surface area contributed by atoms with Crippen molar-refractivity contribution < 1.29 is 29.0 Å². The van der Waals surface area contributed by atoms with Gasteiger partial charge in [0, 0.05) is 13.0 Å². The average molecular weight is 467 g/mol. The third-order valence-corrected chi connectivity index (χ3v) is 5.86. The zero-order chi connectivity index (χ0) is 23.1. The highest BCUT2D eigenvalue weighted by atomic mass is 32.2. The minimum absolute atomic E-state index is 0.0437. The van der Waals surface area contributed by atoms with E-state index in [-0.39, 0.29) is 24.8 Å². The summed E-state index contributed by atoms with van der Waals surface area (Å²) in [6, 6.07) is 4.33. The number of carboxylic acids is 1. The van der Waals surface area contributed by atoms with E-state index in [0.29, 0.717) is 27.1 Å². The first kappa shape index (κ1) is 24.7. The topological polar surface area (TPSA) is 105 Å². The molecule has 0 bridgehead atoms. The van der Waals surface area contributed by atoms with Gasteiger partial charge in [-0.05, 0) is 36.1 Å². The summed E-state index contributed by atoms with van der Waals surface area (Å²) in [5, 5.41) is 11.8. The number of hydrogen-bond donors (Lipinski definition) is 2. The predicted octanol–water partition coefficient (Wildman–Crippen LogP) is 2.91. The zero-order valence-electron chi connectivity index (χ0n) is 17.8. The smallest absolute Gasteiger partial charge is 0.326 e. The number of nitrogens with one attached hydrogen (secondary N) is 1. The lowest BCUT2D eigenvalue weighted by atomic mass is 10.0. The molecule has 1 aliphatic heterocycles. The second-order valence-corrected chi connectivity index (χ2v) is 8.96. The molecule has 1 aliphatic rings. The molecular formula is C21H26N2O6S2. The molecule has 2 amide bonds. The van der Waals surface area contributed by atoms with Crippen LogP contribution in [0.4, 0.5) is 0 Å². The van der Waals surface area contributed by atoms with Gasteiger partial charge in [0.15, 0.2) is 11.5 Å². The van der Waals surface area contributed by atoms with Gasteiger partial charge in [-0.3, -0.25) is 14.5 Å². The van der Waals surface area contributed by atoms with Gasteiger partial charge in [0.2, 0.25) is 5.91 Å². The summed E-state index contributed by atoms with van der Waals surface area (Å²) in [5.41, 5.74) is 0.744. The van der Waals surface area contributed by atoms with Gasteiger partial charge in [-0.1, -0.05) is 43.9 Å². The van der Waals surface area contributed by atoms with Gasteiger partial charge in [0.1, 0.15) is 10.4 Å². The molecule has 1 unspecified atom stereocenters. The van der Waals surface area contributed by atoms with E-state index in [0.717, 1.165) is 17.3 Å². The average Bonchev–Trinajstić information content (AvgIpc) is 2.97. The second-order valence-electron chi connectivity index (χ2n) is 7.29. The summed E-state index contributed by atoms with van der Waals surface area (Å²) in [6.07, 6.45) is 1.98. The molecule has 8 nitrogen and oxygen atoms in total. The van der Waals surface area contributed by atoms with Crippen LogP contribution in [-0.2, 0) is 14.4 Å². The van der Waals surface area contributed by atoms with Gasteiger partial charge >= 0.3 is 5.97 Å². The number of amides is 2. The molecule has 1 aromatic carbocycles. The predicted molar refractivity (Wildman–Crippen MR) is 123 cm³/mol. The van der Waals surface area contributed by atoms with Gasteiger partial charge in [-0.25, -0.2) is 4.79 Å². The lowest BCUT2D eigenvalue weighted by molar-refractivity contribution is -0.142. The number of carbonyl (C=O) groups excluding carboxylic acids is 2. The Morgan fingerprint density at radius 3 is 2.52 bits per heavy atom. The second kappa shape index (κ2) is 11.1. The number of carbonyl (C=O) groups is 3. The highest BCUT2D eigenvalue weighted by Crippen LogP contribution is 2.34. The SMILES string of the molecule is COc1ccc(/C=C2/SC(=S)N(CCC(=O)NC(CC(C)C)C(=O)O)C2=O)cc1OC. The first-order chi connectivity index (χ1) is 14.7. The van der Waals surface area contributed by atoms with E-state index in [1.807, 2.05) is 13.8 Å². The van der Waals surface area contributed by atoms with Crippen molar-refractivity contribution in [1.29, 1.82) is 0 Å². The van der Waals surface area contributed by atoms with E-state index >= 15 is 0 Å². The number of nitrogens with zero attached hydrogens (tertiary/aromatic N) is 1. The monoisotopic (exact) mass is 466 g/mol. The molecular weight excluding hydrogens is 440 g/mol. The Kier molecular flexibility index (Phi) is 8.88. The molecule has 1 saturated heterocycles. The van der Waals surface area contributed by atoms with Gasteiger partial charge in [0.25, 0.3) is 5.91 Å². The van der Waals surface area contributed by atoms with Crippen molar-refractivity contribution in [1.82, 2.24) is 10.2 Å². The number of benzene rings is 1. The molecule has 0 aliphatic carbocycles. The van der Waals surface area contributed by atoms with Crippen LogP contribution in [0.1, 0.15) is 32.3 Å². The number of ether oxygens (including phenoxy) is 2. The van der Waals surface area contributed by atoms with Crippen molar-refractivity contribution >= 4 is 52.2 Å². The first-order valence-corrected chi connectivity index (χ1v) is 10.9. The Bertz CT molecular complexity index is 900. The maximum absolute atomic E-state index is 12.8. The van der Waals surface area contributed by atoms with Crippen LogP contribution in [0.15, 0.2) is 23.1 Å². The molecule has 2 rings (SSSR count). The lowest BCUT2D eigenvalue weighted by Crippen LogP contribution is -2.43. The number of carboxylic acid groups (broad SMARTS) is 1. The quantitative estimate of drug-likeness (QED) is 0.401.